The molecule has 2 heterocycles. The Morgan fingerprint density at radius 3 is 2.95 bits per heavy atom. The summed E-state index contributed by atoms with van der Waals surface area (Å²) in [4.78, 5) is 7.12. The van der Waals surface area contributed by atoms with E-state index in [-0.39, 0.29) is 5.60 Å². The van der Waals surface area contributed by atoms with E-state index in [0.717, 1.165) is 44.0 Å². The Morgan fingerprint density at radius 2 is 2.25 bits per heavy atom. The van der Waals surface area contributed by atoms with Gasteiger partial charge in [0.15, 0.2) is 0 Å². The SMILES string of the molecule is COC1(C)CCCN(c2cccc(CNC(C)C)n2)C1. The Hall–Kier alpha value is -1.13. The molecule has 1 aromatic heterocycles. The summed E-state index contributed by atoms with van der Waals surface area (Å²) in [7, 11) is 1.81. The zero-order chi connectivity index (χ0) is 14.6. The molecule has 1 unspecified atom stereocenters. The fourth-order valence-electron chi connectivity index (χ4n) is 2.62. The lowest BCUT2D eigenvalue weighted by Gasteiger charge is -2.40. The molecule has 1 aliphatic heterocycles. The van der Waals surface area contributed by atoms with E-state index in [9.17, 15) is 0 Å². The van der Waals surface area contributed by atoms with Crippen molar-refractivity contribution in [2.24, 2.45) is 0 Å². The van der Waals surface area contributed by atoms with E-state index in [0.29, 0.717) is 6.04 Å². The van der Waals surface area contributed by atoms with E-state index < -0.39 is 0 Å². The third-order valence-corrected chi connectivity index (χ3v) is 3.96. The van der Waals surface area contributed by atoms with Crippen LogP contribution in [0, 0.1) is 0 Å². The van der Waals surface area contributed by atoms with Gasteiger partial charge in [-0.2, -0.15) is 0 Å². The Balaban J connectivity index is 2.06. The van der Waals surface area contributed by atoms with Crippen LogP contribution in [0.1, 0.15) is 39.3 Å². The molecular weight excluding hydrogens is 250 g/mol. The molecule has 112 valence electrons. The van der Waals surface area contributed by atoms with Crippen molar-refractivity contribution in [3.05, 3.63) is 23.9 Å². The minimum Gasteiger partial charge on any atom is -0.377 e. The van der Waals surface area contributed by atoms with E-state index in [1.165, 1.54) is 0 Å². The second-order valence-corrected chi connectivity index (χ2v) is 6.20. The van der Waals surface area contributed by atoms with E-state index >= 15 is 0 Å². The van der Waals surface area contributed by atoms with Gasteiger partial charge in [-0.25, -0.2) is 4.98 Å². The third kappa shape index (κ3) is 3.93. The van der Waals surface area contributed by atoms with Gasteiger partial charge in [0.2, 0.25) is 0 Å². The summed E-state index contributed by atoms with van der Waals surface area (Å²) in [6, 6.07) is 6.75. The highest BCUT2D eigenvalue weighted by Gasteiger charge is 2.31. The van der Waals surface area contributed by atoms with Crippen LogP contribution in [0.4, 0.5) is 5.82 Å². The molecule has 0 bridgehead atoms. The van der Waals surface area contributed by atoms with Crippen LogP contribution in [0.2, 0.25) is 0 Å². The smallest absolute Gasteiger partial charge is 0.128 e. The van der Waals surface area contributed by atoms with Crippen molar-refractivity contribution in [3.8, 4) is 0 Å². The van der Waals surface area contributed by atoms with Gasteiger partial charge in [-0.05, 0) is 31.9 Å². The van der Waals surface area contributed by atoms with Gasteiger partial charge in [0.05, 0.1) is 11.3 Å². The molecule has 0 amide bonds. The van der Waals surface area contributed by atoms with Crippen LogP contribution in [0.3, 0.4) is 0 Å². The number of hydrogen-bond donors (Lipinski definition) is 1. The highest BCUT2D eigenvalue weighted by atomic mass is 16.5. The Labute approximate surface area is 122 Å². The van der Waals surface area contributed by atoms with Crippen LogP contribution in [0.15, 0.2) is 18.2 Å². The number of nitrogens with zero attached hydrogens (tertiary/aromatic N) is 2. The van der Waals surface area contributed by atoms with E-state index in [4.69, 9.17) is 9.72 Å². The van der Waals surface area contributed by atoms with Gasteiger partial charge in [-0.1, -0.05) is 19.9 Å². The predicted octanol–water partition coefficient (Wildman–Crippen LogP) is 2.58. The van der Waals surface area contributed by atoms with Crippen molar-refractivity contribution < 1.29 is 4.74 Å². The van der Waals surface area contributed by atoms with E-state index in [2.05, 4.69) is 49.2 Å². The largest absolute Gasteiger partial charge is 0.377 e. The fourth-order valence-corrected chi connectivity index (χ4v) is 2.62. The summed E-state index contributed by atoms with van der Waals surface area (Å²) >= 11 is 0. The molecule has 0 aromatic carbocycles. The summed E-state index contributed by atoms with van der Waals surface area (Å²) in [5.41, 5.74) is 1.05. The van der Waals surface area contributed by atoms with Gasteiger partial charge < -0.3 is 15.0 Å². The number of anilines is 1. The van der Waals surface area contributed by atoms with Crippen LogP contribution >= 0.6 is 0 Å². The quantitative estimate of drug-likeness (QED) is 0.897. The molecule has 0 aliphatic carbocycles. The number of aromatic nitrogens is 1. The number of hydrogen-bond acceptors (Lipinski definition) is 4. The molecule has 20 heavy (non-hydrogen) atoms. The molecular formula is C16H27N3O. The zero-order valence-corrected chi connectivity index (χ0v) is 13.1. The highest BCUT2D eigenvalue weighted by molar-refractivity contribution is 5.40. The zero-order valence-electron chi connectivity index (χ0n) is 13.1. The van der Waals surface area contributed by atoms with Crippen molar-refractivity contribution in [3.63, 3.8) is 0 Å². The normalized spacial score (nSPS) is 23.4. The first kappa shape index (κ1) is 15.3. The average Bonchev–Trinajstić information content (AvgIpc) is 2.45. The van der Waals surface area contributed by atoms with Gasteiger partial charge in [-0.15, -0.1) is 0 Å². The lowest BCUT2D eigenvalue weighted by atomic mass is 9.95. The molecule has 4 nitrogen and oxygen atoms in total. The van der Waals surface area contributed by atoms with Crippen LogP contribution < -0.4 is 10.2 Å². The molecule has 1 saturated heterocycles. The Bertz CT molecular complexity index is 435. The first-order valence-electron chi connectivity index (χ1n) is 7.52. The highest BCUT2D eigenvalue weighted by Crippen LogP contribution is 2.27. The van der Waals surface area contributed by atoms with Gasteiger partial charge in [0.25, 0.3) is 0 Å². The second kappa shape index (κ2) is 6.55. The van der Waals surface area contributed by atoms with E-state index in [1.54, 1.807) is 7.11 Å². The van der Waals surface area contributed by atoms with Gasteiger partial charge in [0.1, 0.15) is 5.82 Å². The maximum atomic E-state index is 5.66. The van der Waals surface area contributed by atoms with Crippen LogP contribution in [-0.2, 0) is 11.3 Å². The van der Waals surface area contributed by atoms with Crippen LogP contribution in [0.5, 0.6) is 0 Å². The van der Waals surface area contributed by atoms with Crippen LogP contribution in [0.25, 0.3) is 0 Å². The Kier molecular flexibility index (Phi) is 5.00. The first-order chi connectivity index (χ1) is 9.52. The topological polar surface area (TPSA) is 37.4 Å². The predicted molar refractivity (Wildman–Crippen MR) is 83.1 cm³/mol. The van der Waals surface area contributed by atoms with Gasteiger partial charge >= 0.3 is 0 Å². The molecule has 1 fully saturated rings. The molecule has 1 atom stereocenters. The molecule has 1 aromatic rings. The first-order valence-corrected chi connectivity index (χ1v) is 7.52. The van der Waals surface area contributed by atoms with Gasteiger partial charge in [0, 0.05) is 32.8 Å². The third-order valence-electron chi connectivity index (χ3n) is 3.96. The maximum Gasteiger partial charge on any atom is 0.128 e. The van der Waals surface area contributed by atoms with Gasteiger partial charge in [-0.3, -0.25) is 0 Å². The molecule has 4 heteroatoms. The van der Waals surface area contributed by atoms with Crippen molar-refractivity contribution in [2.45, 2.75) is 51.8 Å². The minimum atomic E-state index is -0.0495. The molecule has 0 saturated carbocycles. The number of nitrogens with one attached hydrogen (secondary N) is 1. The van der Waals surface area contributed by atoms with E-state index in [1.807, 2.05) is 0 Å². The van der Waals surface area contributed by atoms with Crippen LogP contribution in [-0.4, -0.2) is 36.8 Å². The van der Waals surface area contributed by atoms with Crippen molar-refractivity contribution in [1.82, 2.24) is 10.3 Å². The monoisotopic (exact) mass is 277 g/mol. The summed E-state index contributed by atoms with van der Waals surface area (Å²) < 4.78 is 5.66. The summed E-state index contributed by atoms with van der Waals surface area (Å²) in [5.74, 6) is 1.07. The maximum absolute atomic E-state index is 5.66. The molecule has 1 aliphatic rings. The standard InChI is InChI=1S/C16H27N3O/c1-13(2)17-11-14-7-5-8-15(18-14)19-10-6-9-16(3,12-19)20-4/h5,7-8,13,17H,6,9-12H2,1-4H3. The number of pyridine rings is 1. The average molecular weight is 277 g/mol. The lowest BCUT2D eigenvalue weighted by Crippen LogP contribution is -2.47. The number of rotatable bonds is 5. The van der Waals surface area contributed by atoms with Crippen molar-refractivity contribution >= 4 is 5.82 Å². The summed E-state index contributed by atoms with van der Waals surface area (Å²) in [6.45, 7) is 9.28. The van der Waals surface area contributed by atoms with Crippen molar-refractivity contribution in [1.29, 1.82) is 0 Å². The summed E-state index contributed by atoms with van der Waals surface area (Å²) in [6.07, 6.45) is 2.27. The number of ether oxygens (including phenoxy) is 1. The molecule has 0 spiro atoms. The number of methoxy groups -OCH3 is 1. The number of piperidine rings is 1. The molecule has 1 N–H and O–H groups in total. The minimum absolute atomic E-state index is 0.0495. The molecule has 2 rings (SSSR count). The molecule has 0 radical (unpaired) electrons. The summed E-state index contributed by atoms with van der Waals surface area (Å²) in [5, 5.41) is 3.41. The second-order valence-electron chi connectivity index (χ2n) is 6.20. The lowest BCUT2D eigenvalue weighted by molar-refractivity contribution is -0.00482. The fraction of sp³-hybridized carbons (Fsp3) is 0.688. The van der Waals surface area contributed by atoms with Crippen molar-refractivity contribution in [2.75, 3.05) is 25.1 Å². The Morgan fingerprint density at radius 1 is 1.45 bits per heavy atom.